The predicted octanol–water partition coefficient (Wildman–Crippen LogP) is 2.85. The van der Waals surface area contributed by atoms with E-state index in [-0.39, 0.29) is 17.2 Å². The van der Waals surface area contributed by atoms with Gasteiger partial charge in [-0.05, 0) is 37.1 Å². The summed E-state index contributed by atoms with van der Waals surface area (Å²) in [5.41, 5.74) is 2.00. The molecule has 0 bridgehead atoms. The minimum atomic E-state index is 0.0251. The highest BCUT2D eigenvalue weighted by atomic mass is 35.5. The Balaban J connectivity index is 2.35. The molecule has 0 fully saturated rings. The molecule has 2 aromatic rings. The van der Waals surface area contributed by atoms with Crippen molar-refractivity contribution >= 4 is 23.2 Å². The maximum absolute atomic E-state index is 9.18. The molecule has 102 valence electrons. The normalized spacial score (nSPS) is 9.90. The van der Waals surface area contributed by atoms with E-state index in [1.807, 2.05) is 26.0 Å². The molecule has 1 N–H and O–H groups in total. The highest BCUT2D eigenvalue weighted by Gasteiger charge is 2.09. The molecule has 0 saturated heterocycles. The number of rotatable bonds is 4. The first-order chi connectivity index (χ1) is 9.63. The lowest BCUT2D eigenvalue weighted by Crippen LogP contribution is -2.05. The highest BCUT2D eigenvalue weighted by molar-refractivity contribution is 6.28. The van der Waals surface area contributed by atoms with Crippen LogP contribution >= 0.6 is 11.6 Å². The van der Waals surface area contributed by atoms with Crippen molar-refractivity contribution in [3.05, 3.63) is 34.6 Å². The van der Waals surface area contributed by atoms with Crippen LogP contribution in [0.2, 0.25) is 5.28 Å². The summed E-state index contributed by atoms with van der Waals surface area (Å²) in [6.45, 7) is 4.10. The first-order valence-electron chi connectivity index (χ1n) is 5.95. The predicted molar refractivity (Wildman–Crippen MR) is 75.2 cm³/mol. The number of hydrogen-bond acceptors (Lipinski definition) is 6. The van der Waals surface area contributed by atoms with Crippen LogP contribution in [0.4, 0.5) is 11.6 Å². The van der Waals surface area contributed by atoms with E-state index in [1.54, 1.807) is 6.07 Å². The fraction of sp³-hybridized carbons (Fsp3) is 0.231. The summed E-state index contributed by atoms with van der Waals surface area (Å²) in [5, 5.41) is 12.2. The second kappa shape index (κ2) is 6.17. The van der Waals surface area contributed by atoms with E-state index in [1.165, 1.54) is 0 Å². The second-order valence-electron chi connectivity index (χ2n) is 3.88. The Morgan fingerprint density at radius 1 is 1.35 bits per heavy atom. The van der Waals surface area contributed by atoms with Gasteiger partial charge < -0.3 is 10.1 Å². The van der Waals surface area contributed by atoms with Crippen molar-refractivity contribution in [2.75, 3.05) is 11.9 Å². The Morgan fingerprint density at radius 3 is 2.85 bits per heavy atom. The van der Waals surface area contributed by atoms with Gasteiger partial charge in [-0.3, -0.25) is 0 Å². The zero-order valence-electron chi connectivity index (χ0n) is 11.0. The lowest BCUT2D eigenvalue weighted by molar-refractivity contribution is 0.312. The molecular formula is C13H12ClN5O. The van der Waals surface area contributed by atoms with Gasteiger partial charge in [-0.25, -0.2) is 0 Å². The third kappa shape index (κ3) is 3.13. The Labute approximate surface area is 121 Å². The van der Waals surface area contributed by atoms with Crippen molar-refractivity contribution in [2.24, 2.45) is 0 Å². The maximum Gasteiger partial charge on any atom is 0.322 e. The molecule has 0 amide bonds. The molecule has 0 aliphatic carbocycles. The number of anilines is 2. The van der Waals surface area contributed by atoms with Gasteiger partial charge >= 0.3 is 6.01 Å². The topological polar surface area (TPSA) is 83.7 Å². The number of ether oxygens (including phenoxy) is 1. The molecule has 7 heteroatoms. The molecule has 1 aromatic heterocycles. The van der Waals surface area contributed by atoms with Gasteiger partial charge in [-0.2, -0.15) is 20.2 Å². The molecule has 2 rings (SSSR count). The van der Waals surface area contributed by atoms with Crippen LogP contribution in [0.15, 0.2) is 18.2 Å². The summed E-state index contributed by atoms with van der Waals surface area (Å²) < 4.78 is 5.19. The number of aromatic nitrogens is 3. The standard InChI is InChI=1S/C13H12ClN5O/c1-3-20-13-18-11(14)17-12(19-13)16-10-6-4-5-8(2)9(10)7-15/h4-6H,3H2,1-2H3,(H,16,17,18,19). The van der Waals surface area contributed by atoms with Crippen LogP contribution < -0.4 is 10.1 Å². The fourth-order valence-electron chi connectivity index (χ4n) is 1.62. The molecule has 0 atom stereocenters. The summed E-state index contributed by atoms with van der Waals surface area (Å²) in [6.07, 6.45) is 0. The molecular weight excluding hydrogens is 278 g/mol. The number of nitrogens with one attached hydrogen (secondary N) is 1. The lowest BCUT2D eigenvalue weighted by atomic mass is 10.1. The molecule has 6 nitrogen and oxygen atoms in total. The van der Waals surface area contributed by atoms with Gasteiger partial charge in [-0.15, -0.1) is 0 Å². The molecule has 1 heterocycles. The Kier molecular flexibility index (Phi) is 4.33. The minimum absolute atomic E-state index is 0.0251. The monoisotopic (exact) mass is 289 g/mol. The van der Waals surface area contributed by atoms with Crippen molar-refractivity contribution in [3.63, 3.8) is 0 Å². The van der Waals surface area contributed by atoms with Crippen molar-refractivity contribution in [3.8, 4) is 12.1 Å². The highest BCUT2D eigenvalue weighted by Crippen LogP contribution is 2.22. The first-order valence-corrected chi connectivity index (χ1v) is 6.33. The van der Waals surface area contributed by atoms with E-state index < -0.39 is 0 Å². The summed E-state index contributed by atoms with van der Waals surface area (Å²) in [4.78, 5) is 11.9. The summed E-state index contributed by atoms with van der Waals surface area (Å²) >= 11 is 5.81. The van der Waals surface area contributed by atoms with Crippen LogP contribution in [0.1, 0.15) is 18.1 Å². The van der Waals surface area contributed by atoms with Gasteiger partial charge in [0.15, 0.2) is 0 Å². The zero-order chi connectivity index (χ0) is 14.5. The third-order valence-corrected chi connectivity index (χ3v) is 2.66. The van der Waals surface area contributed by atoms with Crippen molar-refractivity contribution in [1.29, 1.82) is 5.26 Å². The van der Waals surface area contributed by atoms with Crippen molar-refractivity contribution in [2.45, 2.75) is 13.8 Å². The van der Waals surface area contributed by atoms with Gasteiger partial charge in [-0.1, -0.05) is 12.1 Å². The molecule has 0 unspecified atom stereocenters. The average Bonchev–Trinajstić information content (AvgIpc) is 2.38. The largest absolute Gasteiger partial charge is 0.464 e. The number of nitrogens with zero attached hydrogens (tertiary/aromatic N) is 4. The summed E-state index contributed by atoms with van der Waals surface area (Å²) in [6, 6.07) is 7.74. The summed E-state index contributed by atoms with van der Waals surface area (Å²) in [7, 11) is 0. The van der Waals surface area contributed by atoms with E-state index in [9.17, 15) is 5.26 Å². The van der Waals surface area contributed by atoms with Crippen LogP contribution in [-0.2, 0) is 0 Å². The number of halogens is 1. The molecule has 20 heavy (non-hydrogen) atoms. The van der Waals surface area contributed by atoms with E-state index in [0.29, 0.717) is 17.9 Å². The number of hydrogen-bond donors (Lipinski definition) is 1. The molecule has 0 radical (unpaired) electrons. The quantitative estimate of drug-likeness (QED) is 0.931. The van der Waals surface area contributed by atoms with Crippen molar-refractivity contribution < 1.29 is 4.74 Å². The van der Waals surface area contributed by atoms with Gasteiger partial charge in [0.1, 0.15) is 6.07 Å². The second-order valence-corrected chi connectivity index (χ2v) is 4.22. The SMILES string of the molecule is CCOc1nc(Cl)nc(Nc2cccc(C)c2C#N)n1. The summed E-state index contributed by atoms with van der Waals surface area (Å²) in [5.74, 6) is 0.232. The van der Waals surface area contributed by atoms with Crippen LogP contribution in [0.25, 0.3) is 0 Å². The number of benzene rings is 1. The zero-order valence-corrected chi connectivity index (χ0v) is 11.8. The van der Waals surface area contributed by atoms with E-state index in [4.69, 9.17) is 16.3 Å². The minimum Gasteiger partial charge on any atom is -0.464 e. The van der Waals surface area contributed by atoms with E-state index >= 15 is 0 Å². The lowest BCUT2D eigenvalue weighted by Gasteiger charge is -2.09. The number of nitriles is 1. The van der Waals surface area contributed by atoms with E-state index in [2.05, 4.69) is 26.3 Å². The van der Waals surface area contributed by atoms with Crippen LogP contribution in [0.3, 0.4) is 0 Å². The van der Waals surface area contributed by atoms with Gasteiger partial charge in [0.2, 0.25) is 11.2 Å². The molecule has 0 saturated carbocycles. The van der Waals surface area contributed by atoms with Crippen LogP contribution in [-0.4, -0.2) is 21.6 Å². The average molecular weight is 290 g/mol. The van der Waals surface area contributed by atoms with Gasteiger partial charge in [0.25, 0.3) is 0 Å². The smallest absolute Gasteiger partial charge is 0.322 e. The van der Waals surface area contributed by atoms with Crippen LogP contribution in [0.5, 0.6) is 6.01 Å². The maximum atomic E-state index is 9.18. The third-order valence-electron chi connectivity index (χ3n) is 2.49. The Hall–Kier alpha value is -2.39. The molecule has 0 spiro atoms. The van der Waals surface area contributed by atoms with Crippen molar-refractivity contribution in [1.82, 2.24) is 15.0 Å². The van der Waals surface area contributed by atoms with E-state index in [0.717, 1.165) is 5.56 Å². The Morgan fingerprint density at radius 2 is 2.15 bits per heavy atom. The molecule has 1 aromatic carbocycles. The Bertz CT molecular complexity index is 668. The van der Waals surface area contributed by atoms with Gasteiger partial charge in [0, 0.05) is 0 Å². The van der Waals surface area contributed by atoms with Gasteiger partial charge in [0.05, 0.1) is 17.9 Å². The fourth-order valence-corrected chi connectivity index (χ4v) is 1.77. The number of aryl methyl sites for hydroxylation is 1. The van der Waals surface area contributed by atoms with Crippen LogP contribution in [0, 0.1) is 18.3 Å². The first kappa shape index (κ1) is 14.0. The molecule has 0 aliphatic rings. The molecule has 0 aliphatic heterocycles.